The van der Waals surface area contributed by atoms with Crippen LogP contribution in [0.2, 0.25) is 0 Å². The second-order valence-corrected chi connectivity index (χ2v) is 6.72. The number of hydrogen-bond acceptors (Lipinski definition) is 4. The van der Waals surface area contributed by atoms with Crippen LogP contribution >= 0.6 is 28.1 Å². The quantitative estimate of drug-likeness (QED) is 0.483. The Hall–Kier alpha value is -2.12. The van der Waals surface area contributed by atoms with Gasteiger partial charge >= 0.3 is 0 Å². The Morgan fingerprint density at radius 3 is 2.65 bits per heavy atom. The molecule has 0 spiro atoms. The highest BCUT2D eigenvalue weighted by molar-refractivity contribution is 9.10. The molecule has 0 saturated heterocycles. The number of benzene rings is 2. The van der Waals surface area contributed by atoms with E-state index in [4.69, 9.17) is 21.7 Å². The number of para-hydroxylation sites is 2. The number of carbonyl (C=O) groups excluding carboxylic acids is 1. The molecule has 0 aliphatic heterocycles. The summed E-state index contributed by atoms with van der Waals surface area (Å²) < 4.78 is 11.6. The van der Waals surface area contributed by atoms with Gasteiger partial charge in [-0.15, -0.1) is 0 Å². The monoisotopic (exact) mass is 436 g/mol. The Kier molecular flexibility index (Phi) is 7.87. The van der Waals surface area contributed by atoms with Crippen molar-refractivity contribution in [2.75, 3.05) is 19.0 Å². The van der Waals surface area contributed by atoms with Crippen LogP contribution in [0.3, 0.4) is 0 Å². The van der Waals surface area contributed by atoms with Gasteiger partial charge < -0.3 is 14.8 Å². The summed E-state index contributed by atoms with van der Waals surface area (Å²) >= 11 is 8.65. The van der Waals surface area contributed by atoms with Crippen LogP contribution in [0.4, 0.5) is 5.69 Å². The summed E-state index contributed by atoms with van der Waals surface area (Å²) in [5.41, 5.74) is 1.16. The predicted octanol–water partition coefficient (Wildman–Crippen LogP) is 4.76. The molecule has 0 bridgehead atoms. The van der Waals surface area contributed by atoms with Crippen molar-refractivity contribution in [1.29, 1.82) is 0 Å². The molecule has 138 valence electrons. The molecular weight excluding hydrogens is 416 g/mol. The minimum Gasteiger partial charge on any atom is -0.495 e. The zero-order chi connectivity index (χ0) is 18.9. The predicted molar refractivity (Wildman–Crippen MR) is 111 cm³/mol. The first kappa shape index (κ1) is 20.2. The molecule has 1 amide bonds. The number of thiocarbonyl (C=S) groups is 1. The molecule has 0 fully saturated rings. The molecule has 5 nitrogen and oxygen atoms in total. The number of nitrogens with one attached hydrogen (secondary N) is 2. The van der Waals surface area contributed by atoms with Crippen molar-refractivity contribution in [3.05, 3.63) is 52.5 Å². The number of carbonyl (C=O) groups is 1. The normalized spacial score (nSPS) is 10.1. The van der Waals surface area contributed by atoms with Crippen LogP contribution in [0, 0.1) is 0 Å². The van der Waals surface area contributed by atoms with E-state index in [0.717, 1.165) is 17.3 Å². The zero-order valence-electron chi connectivity index (χ0n) is 14.7. The highest BCUT2D eigenvalue weighted by atomic mass is 79.9. The van der Waals surface area contributed by atoms with Crippen molar-refractivity contribution in [2.24, 2.45) is 0 Å². The SMILES string of the molecule is CCCCOc1ccc(C(=O)NC(=S)Nc2ccccc2OC)cc1Br. The fraction of sp³-hybridized carbons (Fsp3) is 0.263. The summed E-state index contributed by atoms with van der Waals surface area (Å²) in [6.45, 7) is 2.75. The smallest absolute Gasteiger partial charge is 0.257 e. The van der Waals surface area contributed by atoms with Crippen molar-refractivity contribution in [3.63, 3.8) is 0 Å². The Balaban J connectivity index is 1.98. The second-order valence-electron chi connectivity index (χ2n) is 5.46. The van der Waals surface area contributed by atoms with Crippen molar-refractivity contribution in [2.45, 2.75) is 19.8 Å². The van der Waals surface area contributed by atoms with Gasteiger partial charge in [0.1, 0.15) is 11.5 Å². The van der Waals surface area contributed by atoms with E-state index < -0.39 is 0 Å². The highest BCUT2D eigenvalue weighted by Gasteiger charge is 2.12. The molecule has 0 unspecified atom stereocenters. The number of amides is 1. The van der Waals surface area contributed by atoms with Gasteiger partial charge in [-0.25, -0.2) is 0 Å². The maximum Gasteiger partial charge on any atom is 0.257 e. The summed E-state index contributed by atoms with van der Waals surface area (Å²) in [6, 6.07) is 12.5. The molecule has 26 heavy (non-hydrogen) atoms. The van der Waals surface area contributed by atoms with Crippen LogP contribution in [-0.2, 0) is 0 Å². The zero-order valence-corrected chi connectivity index (χ0v) is 17.1. The van der Waals surface area contributed by atoms with Crippen molar-refractivity contribution >= 4 is 44.9 Å². The van der Waals surface area contributed by atoms with E-state index in [0.29, 0.717) is 29.4 Å². The molecule has 2 aromatic rings. The lowest BCUT2D eigenvalue weighted by molar-refractivity contribution is 0.0977. The lowest BCUT2D eigenvalue weighted by Crippen LogP contribution is -2.34. The van der Waals surface area contributed by atoms with Gasteiger partial charge in [0.15, 0.2) is 5.11 Å². The first-order chi connectivity index (χ1) is 12.5. The molecular formula is C19H21BrN2O3S. The summed E-state index contributed by atoms with van der Waals surface area (Å²) in [7, 11) is 1.57. The Bertz CT molecular complexity index is 783. The molecule has 2 aromatic carbocycles. The number of anilines is 1. The van der Waals surface area contributed by atoms with Gasteiger partial charge in [0.05, 0.1) is 23.9 Å². The fourth-order valence-corrected chi connectivity index (χ4v) is 2.86. The third-order valence-electron chi connectivity index (χ3n) is 3.53. The van der Waals surface area contributed by atoms with Gasteiger partial charge in [-0.05, 0) is 64.9 Å². The van der Waals surface area contributed by atoms with Gasteiger partial charge in [-0.2, -0.15) is 0 Å². The van der Waals surface area contributed by atoms with Gasteiger partial charge in [-0.3, -0.25) is 10.1 Å². The first-order valence-electron chi connectivity index (χ1n) is 8.22. The Morgan fingerprint density at radius 1 is 1.19 bits per heavy atom. The van der Waals surface area contributed by atoms with Crippen molar-refractivity contribution < 1.29 is 14.3 Å². The average molecular weight is 437 g/mol. The lowest BCUT2D eigenvalue weighted by Gasteiger charge is -2.13. The number of ether oxygens (including phenoxy) is 2. The first-order valence-corrected chi connectivity index (χ1v) is 9.43. The number of hydrogen-bond donors (Lipinski definition) is 2. The minimum absolute atomic E-state index is 0.193. The van der Waals surface area contributed by atoms with Crippen LogP contribution in [0.15, 0.2) is 46.9 Å². The minimum atomic E-state index is -0.307. The molecule has 2 rings (SSSR count). The van der Waals surface area contributed by atoms with E-state index >= 15 is 0 Å². The van der Waals surface area contributed by atoms with E-state index in [1.165, 1.54) is 0 Å². The maximum atomic E-state index is 12.4. The molecule has 0 aliphatic carbocycles. The lowest BCUT2D eigenvalue weighted by atomic mass is 10.2. The van der Waals surface area contributed by atoms with Crippen molar-refractivity contribution in [1.82, 2.24) is 5.32 Å². The highest BCUT2D eigenvalue weighted by Crippen LogP contribution is 2.26. The summed E-state index contributed by atoms with van der Waals surface area (Å²) in [6.07, 6.45) is 2.05. The molecule has 7 heteroatoms. The van der Waals surface area contributed by atoms with E-state index in [1.807, 2.05) is 18.2 Å². The standard InChI is InChI=1S/C19H21BrN2O3S/c1-3-4-11-25-16-10-9-13(12-14(16)20)18(23)22-19(26)21-15-7-5-6-8-17(15)24-2/h5-10,12H,3-4,11H2,1-2H3,(H2,21,22,23,26). The van der Waals surface area contributed by atoms with Gasteiger partial charge in [0.2, 0.25) is 0 Å². The van der Waals surface area contributed by atoms with E-state index in [1.54, 1.807) is 31.4 Å². The molecule has 0 heterocycles. The van der Waals surface area contributed by atoms with Crippen LogP contribution in [0.1, 0.15) is 30.1 Å². The van der Waals surface area contributed by atoms with Gasteiger partial charge in [0.25, 0.3) is 5.91 Å². The molecule has 0 radical (unpaired) electrons. The number of unbranched alkanes of at least 4 members (excludes halogenated alkanes) is 1. The number of halogens is 1. The third-order valence-corrected chi connectivity index (χ3v) is 4.36. The summed E-state index contributed by atoms with van der Waals surface area (Å²) in [5, 5.41) is 5.81. The van der Waals surface area contributed by atoms with E-state index in [9.17, 15) is 4.79 Å². The number of rotatable bonds is 7. The molecule has 0 atom stereocenters. The topological polar surface area (TPSA) is 59.6 Å². The van der Waals surface area contributed by atoms with Crippen LogP contribution < -0.4 is 20.1 Å². The fourth-order valence-electron chi connectivity index (χ4n) is 2.16. The Morgan fingerprint density at radius 2 is 1.96 bits per heavy atom. The molecule has 0 saturated carbocycles. The largest absolute Gasteiger partial charge is 0.495 e. The summed E-state index contributed by atoms with van der Waals surface area (Å²) in [4.78, 5) is 12.4. The summed E-state index contributed by atoms with van der Waals surface area (Å²) in [5.74, 6) is 1.04. The van der Waals surface area contributed by atoms with Gasteiger partial charge in [0, 0.05) is 5.56 Å². The van der Waals surface area contributed by atoms with E-state index in [-0.39, 0.29) is 11.0 Å². The molecule has 0 aromatic heterocycles. The second kappa shape index (κ2) is 10.1. The molecule has 0 aliphatic rings. The van der Waals surface area contributed by atoms with Crippen LogP contribution in [0.25, 0.3) is 0 Å². The average Bonchev–Trinajstić information content (AvgIpc) is 2.63. The van der Waals surface area contributed by atoms with E-state index in [2.05, 4.69) is 33.5 Å². The van der Waals surface area contributed by atoms with Crippen LogP contribution in [-0.4, -0.2) is 24.7 Å². The van der Waals surface area contributed by atoms with Gasteiger partial charge in [-0.1, -0.05) is 25.5 Å². The number of methoxy groups -OCH3 is 1. The molecule has 2 N–H and O–H groups in total. The Labute approximate surface area is 167 Å². The van der Waals surface area contributed by atoms with Crippen molar-refractivity contribution in [3.8, 4) is 11.5 Å². The van der Waals surface area contributed by atoms with Crippen LogP contribution in [0.5, 0.6) is 11.5 Å². The third kappa shape index (κ3) is 5.71. The maximum absolute atomic E-state index is 12.4.